The number of hydrogen-bond donors (Lipinski definition) is 2. The summed E-state index contributed by atoms with van der Waals surface area (Å²) >= 11 is 0. The highest BCUT2D eigenvalue weighted by Crippen LogP contribution is 2.16. The molecule has 6 nitrogen and oxygen atoms in total. The summed E-state index contributed by atoms with van der Waals surface area (Å²) in [5.41, 5.74) is 5.55. The predicted octanol–water partition coefficient (Wildman–Crippen LogP) is 0.264. The molecular formula is C12H20FN3O3S. The molecule has 0 aliphatic carbocycles. The normalized spacial score (nSPS) is 12.0. The van der Waals surface area contributed by atoms with E-state index < -0.39 is 20.7 Å². The molecule has 1 aromatic rings. The Labute approximate surface area is 118 Å². The highest BCUT2D eigenvalue weighted by molar-refractivity contribution is 7.89. The maximum absolute atomic E-state index is 13.5. The lowest BCUT2D eigenvalue weighted by molar-refractivity contribution is 0.122. The van der Waals surface area contributed by atoms with Crippen LogP contribution in [0.4, 0.5) is 10.1 Å². The summed E-state index contributed by atoms with van der Waals surface area (Å²) in [4.78, 5) is 1.54. The average Bonchev–Trinajstić information content (AvgIpc) is 2.32. The van der Waals surface area contributed by atoms with Gasteiger partial charge in [0.05, 0.1) is 13.2 Å². The molecule has 0 amide bonds. The lowest BCUT2D eigenvalue weighted by atomic mass is 10.3. The number of anilines is 1. The fourth-order valence-corrected chi connectivity index (χ4v) is 2.48. The molecule has 0 aromatic heterocycles. The lowest BCUT2D eigenvalue weighted by Crippen LogP contribution is -2.29. The maximum atomic E-state index is 13.5. The van der Waals surface area contributed by atoms with Gasteiger partial charge in [0.25, 0.3) is 0 Å². The number of halogens is 1. The van der Waals surface area contributed by atoms with Crippen LogP contribution in [0.15, 0.2) is 23.1 Å². The molecule has 0 bridgehead atoms. The molecule has 0 saturated carbocycles. The zero-order valence-electron chi connectivity index (χ0n) is 11.6. The zero-order chi connectivity index (χ0) is 15.2. The summed E-state index contributed by atoms with van der Waals surface area (Å²) in [5.74, 6) is -0.869. The number of sulfonamides is 1. The highest BCUT2D eigenvalue weighted by Gasteiger charge is 2.18. The van der Waals surface area contributed by atoms with E-state index in [4.69, 9.17) is 10.5 Å². The van der Waals surface area contributed by atoms with Gasteiger partial charge in [0.15, 0.2) is 0 Å². The molecule has 0 aliphatic rings. The molecule has 0 saturated heterocycles. The largest absolute Gasteiger partial charge is 0.399 e. The molecule has 0 aliphatic heterocycles. The predicted molar refractivity (Wildman–Crippen MR) is 75.4 cm³/mol. The van der Waals surface area contributed by atoms with Gasteiger partial charge in [0, 0.05) is 18.8 Å². The third-order valence-electron chi connectivity index (χ3n) is 2.47. The average molecular weight is 305 g/mol. The number of rotatable bonds is 8. The summed E-state index contributed by atoms with van der Waals surface area (Å²) in [5, 5.41) is 0. The van der Waals surface area contributed by atoms with E-state index in [-0.39, 0.29) is 18.8 Å². The molecule has 0 fully saturated rings. The van der Waals surface area contributed by atoms with Crippen LogP contribution >= 0.6 is 0 Å². The van der Waals surface area contributed by atoms with Crippen LogP contribution in [0.1, 0.15) is 0 Å². The summed E-state index contributed by atoms with van der Waals surface area (Å²) in [6.45, 7) is 1.56. The standard InChI is InChI=1S/C12H20FN3O3S/c1-16(2)6-8-19-7-5-15-20(17,18)12-4-3-10(14)9-11(12)13/h3-4,9,15H,5-8,14H2,1-2H3. The Morgan fingerprint density at radius 3 is 2.65 bits per heavy atom. The van der Waals surface area contributed by atoms with E-state index in [0.717, 1.165) is 18.7 Å². The van der Waals surface area contributed by atoms with Gasteiger partial charge in [-0.25, -0.2) is 17.5 Å². The van der Waals surface area contributed by atoms with Crippen molar-refractivity contribution in [3.8, 4) is 0 Å². The number of nitrogens with one attached hydrogen (secondary N) is 1. The number of ether oxygens (including phenoxy) is 1. The third-order valence-corrected chi connectivity index (χ3v) is 3.96. The molecule has 0 spiro atoms. The Balaban J connectivity index is 2.46. The van der Waals surface area contributed by atoms with E-state index in [9.17, 15) is 12.8 Å². The van der Waals surface area contributed by atoms with Gasteiger partial charge < -0.3 is 15.4 Å². The number of likely N-dealkylation sites (N-methyl/N-ethyl adjacent to an activating group) is 1. The monoisotopic (exact) mass is 305 g/mol. The Morgan fingerprint density at radius 2 is 2.05 bits per heavy atom. The number of nitrogens with two attached hydrogens (primary N) is 1. The highest BCUT2D eigenvalue weighted by atomic mass is 32.2. The van der Waals surface area contributed by atoms with Gasteiger partial charge in [-0.1, -0.05) is 0 Å². The molecule has 114 valence electrons. The Bertz CT molecular complexity index is 535. The van der Waals surface area contributed by atoms with Gasteiger partial charge in [-0.2, -0.15) is 0 Å². The Morgan fingerprint density at radius 1 is 1.35 bits per heavy atom. The lowest BCUT2D eigenvalue weighted by Gasteiger charge is -2.11. The summed E-state index contributed by atoms with van der Waals surface area (Å²) in [6, 6.07) is 3.45. The topological polar surface area (TPSA) is 84.7 Å². The number of nitrogen functional groups attached to an aromatic ring is 1. The first-order valence-electron chi connectivity index (χ1n) is 6.10. The van der Waals surface area contributed by atoms with Crippen LogP contribution in [0.25, 0.3) is 0 Å². The second-order valence-corrected chi connectivity index (χ2v) is 6.24. The molecule has 0 unspecified atom stereocenters. The molecule has 8 heteroatoms. The van der Waals surface area contributed by atoms with Crippen LogP contribution in [0.3, 0.4) is 0 Å². The SMILES string of the molecule is CN(C)CCOCCNS(=O)(=O)c1ccc(N)cc1F. The summed E-state index contributed by atoms with van der Waals surface area (Å²) in [6.07, 6.45) is 0. The first-order chi connectivity index (χ1) is 9.33. The molecule has 20 heavy (non-hydrogen) atoms. The summed E-state index contributed by atoms with van der Waals surface area (Å²) < 4.78 is 44.7. The van der Waals surface area contributed by atoms with E-state index in [2.05, 4.69) is 4.72 Å². The molecule has 1 aromatic carbocycles. The van der Waals surface area contributed by atoms with E-state index in [1.165, 1.54) is 6.07 Å². The van der Waals surface area contributed by atoms with Crippen LogP contribution < -0.4 is 10.5 Å². The number of nitrogens with zero attached hydrogens (tertiary/aromatic N) is 1. The third kappa shape index (κ3) is 5.41. The van der Waals surface area contributed by atoms with Crippen molar-refractivity contribution in [1.29, 1.82) is 0 Å². The van der Waals surface area contributed by atoms with Crippen LogP contribution in [0.2, 0.25) is 0 Å². The van der Waals surface area contributed by atoms with Crippen LogP contribution in [-0.2, 0) is 14.8 Å². The molecule has 0 radical (unpaired) electrons. The molecule has 0 atom stereocenters. The van der Waals surface area contributed by atoms with Gasteiger partial charge in [-0.05, 0) is 32.3 Å². The van der Waals surface area contributed by atoms with Crippen molar-refractivity contribution in [1.82, 2.24) is 9.62 Å². The van der Waals surface area contributed by atoms with Crippen LogP contribution in [0.5, 0.6) is 0 Å². The summed E-state index contributed by atoms with van der Waals surface area (Å²) in [7, 11) is -0.0569. The van der Waals surface area contributed by atoms with E-state index in [0.29, 0.717) is 6.61 Å². The van der Waals surface area contributed by atoms with Gasteiger partial charge in [-0.15, -0.1) is 0 Å². The van der Waals surface area contributed by atoms with Crippen LogP contribution in [0, 0.1) is 5.82 Å². The first-order valence-corrected chi connectivity index (χ1v) is 7.58. The van der Waals surface area contributed by atoms with Crippen molar-refractivity contribution in [2.24, 2.45) is 0 Å². The number of hydrogen-bond acceptors (Lipinski definition) is 5. The van der Waals surface area contributed by atoms with Gasteiger partial charge in [0.1, 0.15) is 10.7 Å². The smallest absolute Gasteiger partial charge is 0.243 e. The first kappa shape index (κ1) is 16.8. The fraction of sp³-hybridized carbons (Fsp3) is 0.500. The van der Waals surface area contributed by atoms with E-state index in [1.54, 1.807) is 0 Å². The quantitative estimate of drug-likeness (QED) is 0.532. The zero-order valence-corrected chi connectivity index (χ0v) is 12.4. The fourth-order valence-electron chi connectivity index (χ4n) is 1.41. The molecule has 3 N–H and O–H groups in total. The van der Waals surface area contributed by atoms with Crippen molar-refractivity contribution in [2.75, 3.05) is 46.1 Å². The van der Waals surface area contributed by atoms with Crippen LogP contribution in [-0.4, -0.2) is 53.7 Å². The molecule has 0 heterocycles. The second-order valence-electron chi connectivity index (χ2n) is 4.50. The van der Waals surface area contributed by atoms with Crippen molar-refractivity contribution < 1.29 is 17.5 Å². The Kier molecular flexibility index (Phi) is 6.34. The van der Waals surface area contributed by atoms with Gasteiger partial charge in [0.2, 0.25) is 10.0 Å². The molecule has 1 rings (SSSR count). The molecular weight excluding hydrogens is 285 g/mol. The van der Waals surface area contributed by atoms with Gasteiger partial charge in [-0.3, -0.25) is 0 Å². The van der Waals surface area contributed by atoms with E-state index in [1.807, 2.05) is 19.0 Å². The van der Waals surface area contributed by atoms with E-state index >= 15 is 0 Å². The second kappa shape index (κ2) is 7.53. The minimum atomic E-state index is -3.88. The van der Waals surface area contributed by atoms with Crippen molar-refractivity contribution in [3.63, 3.8) is 0 Å². The van der Waals surface area contributed by atoms with Crippen molar-refractivity contribution in [3.05, 3.63) is 24.0 Å². The Hall–Kier alpha value is -1.22. The maximum Gasteiger partial charge on any atom is 0.243 e. The van der Waals surface area contributed by atoms with Gasteiger partial charge >= 0.3 is 0 Å². The minimum absolute atomic E-state index is 0.0829. The minimum Gasteiger partial charge on any atom is -0.399 e. The van der Waals surface area contributed by atoms with Crippen molar-refractivity contribution in [2.45, 2.75) is 4.90 Å². The van der Waals surface area contributed by atoms with Crippen molar-refractivity contribution >= 4 is 15.7 Å². The number of benzene rings is 1.